The van der Waals surface area contributed by atoms with E-state index < -0.39 is 0 Å². The third-order valence-electron chi connectivity index (χ3n) is 2.76. The summed E-state index contributed by atoms with van der Waals surface area (Å²) in [6, 6.07) is 2.08. The highest BCUT2D eigenvalue weighted by Crippen LogP contribution is 2.06. The number of nitrogens with zero attached hydrogens (tertiary/aromatic N) is 2. The summed E-state index contributed by atoms with van der Waals surface area (Å²) < 4.78 is 6.77. The lowest BCUT2D eigenvalue weighted by molar-refractivity contribution is -0.122. The van der Waals surface area contributed by atoms with Gasteiger partial charge in [-0.25, -0.2) is 0 Å². The Kier molecular flexibility index (Phi) is 5.85. The molecular weight excluding hydrogens is 230 g/mol. The molecule has 0 spiro atoms. The predicted octanol–water partition coefficient (Wildman–Crippen LogP) is 1.16. The zero-order valence-corrected chi connectivity index (χ0v) is 11.7. The third kappa shape index (κ3) is 4.14. The molecule has 0 aliphatic heterocycles. The normalized spacial score (nSPS) is 12.4. The van der Waals surface area contributed by atoms with Crippen LogP contribution in [0, 0.1) is 0 Å². The van der Waals surface area contributed by atoms with Crippen molar-refractivity contribution in [2.45, 2.75) is 46.2 Å². The molecule has 1 heterocycles. The van der Waals surface area contributed by atoms with Gasteiger partial charge in [0.25, 0.3) is 0 Å². The molecule has 1 aromatic heterocycles. The quantitative estimate of drug-likeness (QED) is 0.793. The lowest BCUT2D eigenvalue weighted by atomic mass is 10.2. The Morgan fingerprint density at radius 1 is 1.50 bits per heavy atom. The standard InChI is InChI=1S/C13H23N3O2/c1-5-11-7-12(6-2)16(15-11)8-13(17)14-10(3)9-18-4/h7,10H,5-6,8-9H2,1-4H3,(H,14,17). The minimum Gasteiger partial charge on any atom is -0.383 e. The van der Waals surface area contributed by atoms with Crippen LogP contribution in [-0.2, 0) is 28.9 Å². The van der Waals surface area contributed by atoms with E-state index in [-0.39, 0.29) is 18.5 Å². The molecule has 0 bridgehead atoms. The van der Waals surface area contributed by atoms with Crippen molar-refractivity contribution in [3.8, 4) is 0 Å². The Balaban J connectivity index is 2.60. The van der Waals surface area contributed by atoms with E-state index in [2.05, 4.69) is 30.3 Å². The minimum absolute atomic E-state index is 0.0220. The maximum Gasteiger partial charge on any atom is 0.242 e. The van der Waals surface area contributed by atoms with E-state index >= 15 is 0 Å². The number of aromatic nitrogens is 2. The molecule has 0 fully saturated rings. The van der Waals surface area contributed by atoms with Gasteiger partial charge in [0.15, 0.2) is 0 Å². The van der Waals surface area contributed by atoms with Crippen LogP contribution in [0.5, 0.6) is 0 Å². The average molecular weight is 253 g/mol. The van der Waals surface area contributed by atoms with Crippen LogP contribution in [0.4, 0.5) is 0 Å². The number of amides is 1. The van der Waals surface area contributed by atoms with Crippen LogP contribution in [0.1, 0.15) is 32.2 Å². The molecule has 0 saturated heterocycles. The van der Waals surface area contributed by atoms with Crippen LogP contribution in [-0.4, -0.2) is 35.4 Å². The van der Waals surface area contributed by atoms with Crippen LogP contribution >= 0.6 is 0 Å². The molecular formula is C13H23N3O2. The topological polar surface area (TPSA) is 56.2 Å². The number of aryl methyl sites for hydroxylation is 2. The van der Waals surface area contributed by atoms with E-state index in [1.54, 1.807) is 11.8 Å². The number of hydrogen-bond donors (Lipinski definition) is 1. The first-order valence-corrected chi connectivity index (χ1v) is 6.44. The van der Waals surface area contributed by atoms with Gasteiger partial charge in [-0.3, -0.25) is 9.48 Å². The van der Waals surface area contributed by atoms with Crippen LogP contribution in [0.15, 0.2) is 6.07 Å². The summed E-state index contributed by atoms with van der Waals surface area (Å²) in [5.41, 5.74) is 2.13. The molecule has 5 nitrogen and oxygen atoms in total. The third-order valence-corrected chi connectivity index (χ3v) is 2.76. The molecule has 0 aliphatic rings. The molecule has 18 heavy (non-hydrogen) atoms. The molecule has 1 atom stereocenters. The monoisotopic (exact) mass is 253 g/mol. The van der Waals surface area contributed by atoms with E-state index in [1.807, 2.05) is 6.92 Å². The van der Waals surface area contributed by atoms with Gasteiger partial charge in [0.2, 0.25) is 5.91 Å². The maximum atomic E-state index is 11.8. The summed E-state index contributed by atoms with van der Waals surface area (Å²) in [4.78, 5) is 11.8. The molecule has 1 amide bonds. The minimum atomic E-state index is -0.0278. The molecule has 0 aromatic carbocycles. The second-order valence-electron chi connectivity index (χ2n) is 4.42. The highest BCUT2D eigenvalue weighted by Gasteiger charge is 2.11. The fourth-order valence-electron chi connectivity index (χ4n) is 1.86. The first kappa shape index (κ1) is 14.7. The Morgan fingerprint density at radius 3 is 2.78 bits per heavy atom. The fraction of sp³-hybridized carbons (Fsp3) is 0.692. The van der Waals surface area contributed by atoms with E-state index in [0.29, 0.717) is 6.61 Å². The van der Waals surface area contributed by atoms with Gasteiger partial charge in [0.05, 0.1) is 12.3 Å². The molecule has 0 saturated carbocycles. The maximum absolute atomic E-state index is 11.8. The largest absolute Gasteiger partial charge is 0.383 e. The second-order valence-corrected chi connectivity index (χ2v) is 4.42. The van der Waals surface area contributed by atoms with Gasteiger partial charge < -0.3 is 10.1 Å². The van der Waals surface area contributed by atoms with Gasteiger partial charge in [-0.2, -0.15) is 5.10 Å². The fourth-order valence-corrected chi connectivity index (χ4v) is 1.86. The molecule has 5 heteroatoms. The summed E-state index contributed by atoms with van der Waals surface area (Å²) in [6.07, 6.45) is 1.77. The van der Waals surface area contributed by atoms with Crippen molar-refractivity contribution in [2.75, 3.05) is 13.7 Å². The van der Waals surface area contributed by atoms with E-state index in [9.17, 15) is 4.79 Å². The second kappa shape index (κ2) is 7.16. The molecule has 0 aliphatic carbocycles. The smallest absolute Gasteiger partial charge is 0.242 e. The van der Waals surface area contributed by atoms with E-state index in [4.69, 9.17) is 4.74 Å². The van der Waals surface area contributed by atoms with Crippen molar-refractivity contribution in [1.82, 2.24) is 15.1 Å². The Hall–Kier alpha value is -1.36. The number of rotatable bonds is 7. The van der Waals surface area contributed by atoms with Gasteiger partial charge >= 0.3 is 0 Å². The van der Waals surface area contributed by atoms with Crippen molar-refractivity contribution in [2.24, 2.45) is 0 Å². The lowest BCUT2D eigenvalue weighted by Gasteiger charge is -2.13. The van der Waals surface area contributed by atoms with Crippen LogP contribution in [0.2, 0.25) is 0 Å². The van der Waals surface area contributed by atoms with E-state index in [1.165, 1.54) is 0 Å². The van der Waals surface area contributed by atoms with Crippen molar-refractivity contribution >= 4 is 5.91 Å². The van der Waals surface area contributed by atoms with Gasteiger partial charge in [0, 0.05) is 18.8 Å². The van der Waals surface area contributed by atoms with Gasteiger partial charge in [-0.1, -0.05) is 13.8 Å². The molecule has 1 unspecified atom stereocenters. The highest BCUT2D eigenvalue weighted by molar-refractivity contribution is 5.76. The molecule has 1 rings (SSSR count). The highest BCUT2D eigenvalue weighted by atomic mass is 16.5. The summed E-state index contributed by atoms with van der Waals surface area (Å²) >= 11 is 0. The first-order chi connectivity index (χ1) is 8.60. The Morgan fingerprint density at radius 2 is 2.22 bits per heavy atom. The molecule has 0 radical (unpaired) electrons. The SMILES string of the molecule is CCc1cc(CC)n(CC(=O)NC(C)COC)n1. The molecule has 1 aromatic rings. The number of carbonyl (C=O) groups is 1. The van der Waals surface area contributed by atoms with E-state index in [0.717, 1.165) is 24.2 Å². The van der Waals surface area contributed by atoms with Crippen molar-refractivity contribution in [1.29, 1.82) is 0 Å². The number of carbonyl (C=O) groups excluding carboxylic acids is 1. The summed E-state index contributed by atoms with van der Waals surface area (Å²) in [5, 5.41) is 7.30. The van der Waals surface area contributed by atoms with Gasteiger partial charge in [0.1, 0.15) is 6.54 Å². The Labute approximate surface area is 109 Å². The summed E-state index contributed by atoms with van der Waals surface area (Å²) in [7, 11) is 1.62. The first-order valence-electron chi connectivity index (χ1n) is 6.44. The zero-order chi connectivity index (χ0) is 13.5. The number of methoxy groups -OCH3 is 1. The van der Waals surface area contributed by atoms with Crippen LogP contribution in [0.25, 0.3) is 0 Å². The van der Waals surface area contributed by atoms with Crippen molar-refractivity contribution in [3.05, 3.63) is 17.5 Å². The van der Waals surface area contributed by atoms with Crippen molar-refractivity contribution < 1.29 is 9.53 Å². The van der Waals surface area contributed by atoms with Gasteiger partial charge in [-0.15, -0.1) is 0 Å². The van der Waals surface area contributed by atoms with Gasteiger partial charge in [-0.05, 0) is 25.8 Å². The lowest BCUT2D eigenvalue weighted by Crippen LogP contribution is -2.38. The molecule has 1 N–H and O–H groups in total. The Bertz CT molecular complexity index is 388. The molecule has 102 valence electrons. The van der Waals surface area contributed by atoms with Crippen LogP contribution in [0.3, 0.4) is 0 Å². The van der Waals surface area contributed by atoms with Crippen LogP contribution < -0.4 is 5.32 Å². The number of nitrogens with one attached hydrogen (secondary N) is 1. The average Bonchev–Trinajstić information content (AvgIpc) is 2.71. The summed E-state index contributed by atoms with van der Waals surface area (Å²) in [6.45, 7) is 6.84. The zero-order valence-electron chi connectivity index (χ0n) is 11.7. The summed E-state index contributed by atoms with van der Waals surface area (Å²) in [5.74, 6) is -0.0278. The number of ether oxygens (including phenoxy) is 1. The van der Waals surface area contributed by atoms with Crippen molar-refractivity contribution in [3.63, 3.8) is 0 Å². The predicted molar refractivity (Wildman–Crippen MR) is 70.5 cm³/mol. The number of hydrogen-bond acceptors (Lipinski definition) is 3.